The highest BCUT2D eigenvalue weighted by atomic mass is 16.5. The Bertz CT molecular complexity index is 1760. The van der Waals surface area contributed by atoms with E-state index in [0.29, 0.717) is 55.8 Å². The highest BCUT2D eigenvalue weighted by Crippen LogP contribution is 2.66. The lowest BCUT2D eigenvalue weighted by Gasteiger charge is -2.62. The summed E-state index contributed by atoms with van der Waals surface area (Å²) >= 11 is 0. The van der Waals surface area contributed by atoms with Gasteiger partial charge < -0.3 is 34.4 Å². The van der Waals surface area contributed by atoms with Crippen molar-refractivity contribution in [1.29, 1.82) is 0 Å². The second-order valence-corrected chi connectivity index (χ2v) is 15.0. The first-order valence-electron chi connectivity index (χ1n) is 17.0. The number of carbonyl (C=O) groups is 2. The van der Waals surface area contributed by atoms with Crippen LogP contribution in [-0.4, -0.2) is 106 Å². The van der Waals surface area contributed by atoms with Crippen molar-refractivity contribution in [2.45, 2.75) is 97.7 Å². The second kappa shape index (κ2) is 9.59. The van der Waals surface area contributed by atoms with Gasteiger partial charge in [-0.15, -0.1) is 6.58 Å². The Kier molecular flexibility index (Phi) is 6.05. The molecule has 10 rings (SSSR count). The highest BCUT2D eigenvalue weighted by Gasteiger charge is 2.74. The number of phenols is 1. The Morgan fingerprint density at radius 1 is 0.872 bits per heavy atom. The molecule has 3 N–H and O–H groups in total. The van der Waals surface area contributed by atoms with Gasteiger partial charge in [-0.05, 0) is 75.4 Å². The normalized spacial score (nSPS) is 39.9. The van der Waals surface area contributed by atoms with E-state index in [-0.39, 0.29) is 29.4 Å². The van der Waals surface area contributed by atoms with Crippen molar-refractivity contribution >= 4 is 11.6 Å². The lowest BCUT2D eigenvalue weighted by atomic mass is 9.49. The molecule has 0 unspecified atom stereocenters. The molecule has 0 amide bonds. The van der Waals surface area contributed by atoms with Crippen molar-refractivity contribution < 1.29 is 39.1 Å². The predicted octanol–water partition coefficient (Wildman–Crippen LogP) is 2.35. The number of likely N-dealkylation sites (N-methyl/N-ethyl adjacent to an activating group) is 1. The van der Waals surface area contributed by atoms with Gasteiger partial charge in [0.1, 0.15) is 0 Å². The quantitative estimate of drug-likeness (QED) is 0.430. The van der Waals surface area contributed by atoms with Crippen molar-refractivity contribution in [1.82, 2.24) is 9.80 Å². The van der Waals surface area contributed by atoms with Crippen LogP contribution in [0.5, 0.6) is 23.0 Å². The van der Waals surface area contributed by atoms with Gasteiger partial charge in [0.05, 0.1) is 29.1 Å². The van der Waals surface area contributed by atoms with E-state index >= 15 is 0 Å². The average molecular weight is 643 g/mol. The number of piperidine rings is 2. The third-order valence-electron chi connectivity index (χ3n) is 13.5. The molecule has 4 fully saturated rings. The number of phenolic OH excluding ortho intramolecular Hbond substituents is 1. The van der Waals surface area contributed by atoms with Crippen molar-refractivity contribution in [3.05, 3.63) is 59.2 Å². The van der Waals surface area contributed by atoms with Gasteiger partial charge in [-0.3, -0.25) is 14.5 Å². The van der Waals surface area contributed by atoms with E-state index in [0.717, 1.165) is 49.2 Å². The summed E-state index contributed by atoms with van der Waals surface area (Å²) in [6, 6.07) is 7.56. The number of ether oxygens (including phenoxy) is 3. The summed E-state index contributed by atoms with van der Waals surface area (Å²) in [5.74, 6) is 2.00. The van der Waals surface area contributed by atoms with Crippen LogP contribution in [0, 0.1) is 0 Å². The number of nitrogens with zero attached hydrogens (tertiary/aromatic N) is 2. The van der Waals surface area contributed by atoms with Crippen LogP contribution < -0.4 is 14.2 Å². The molecule has 0 radical (unpaired) electrons. The van der Waals surface area contributed by atoms with E-state index in [2.05, 4.69) is 29.5 Å². The number of aromatic hydroxyl groups is 1. The SMILES string of the molecule is C=CCN1CC[C@]23c4c5ccc(O)c4O[C@H]2C(=O)CC[C@@]3(O)[C@H]1C5.COc1ccc2c3c1O[C@H]1C(=O)CC[C@@]4(O)[C@@H](C2)N(C)CC[C@]314. The first-order valence-corrected chi connectivity index (χ1v) is 17.0. The Morgan fingerprint density at radius 3 is 2.11 bits per heavy atom. The fourth-order valence-electron chi connectivity index (χ4n) is 11.5. The molecule has 47 heavy (non-hydrogen) atoms. The van der Waals surface area contributed by atoms with E-state index in [9.17, 15) is 24.9 Å². The van der Waals surface area contributed by atoms with E-state index < -0.39 is 34.2 Å². The summed E-state index contributed by atoms with van der Waals surface area (Å²) < 4.78 is 17.6. The summed E-state index contributed by atoms with van der Waals surface area (Å²) in [5.41, 5.74) is 0.993. The van der Waals surface area contributed by atoms with Crippen LogP contribution in [0.3, 0.4) is 0 Å². The van der Waals surface area contributed by atoms with Crippen LogP contribution in [0.1, 0.15) is 60.8 Å². The first-order chi connectivity index (χ1) is 22.6. The maximum absolute atomic E-state index is 12.7. The number of benzene rings is 2. The van der Waals surface area contributed by atoms with E-state index in [1.165, 1.54) is 5.56 Å². The Balaban J connectivity index is 0.000000129. The molecule has 4 aliphatic heterocycles. The molecule has 2 saturated heterocycles. The molecule has 4 aliphatic carbocycles. The number of hydrogen-bond donors (Lipinski definition) is 3. The summed E-state index contributed by atoms with van der Waals surface area (Å²) in [4.78, 5) is 29.8. The molecule has 4 heterocycles. The molecule has 10 heteroatoms. The van der Waals surface area contributed by atoms with E-state index in [4.69, 9.17) is 14.2 Å². The summed E-state index contributed by atoms with van der Waals surface area (Å²) in [6.07, 6.45) is 5.24. The Hall–Kier alpha value is -3.44. The average Bonchev–Trinajstić information content (AvgIpc) is 3.60. The molecule has 2 aromatic carbocycles. The second-order valence-electron chi connectivity index (χ2n) is 15.0. The highest BCUT2D eigenvalue weighted by molar-refractivity contribution is 5.91. The van der Waals surface area contributed by atoms with Crippen molar-refractivity contribution in [3.63, 3.8) is 0 Å². The van der Waals surface area contributed by atoms with Crippen LogP contribution in [-0.2, 0) is 33.3 Å². The van der Waals surface area contributed by atoms with Gasteiger partial charge in [0.25, 0.3) is 0 Å². The molecule has 8 aliphatic rings. The standard InChI is InChI=1S/C19H21NO4.C18H21NO4/c1-2-8-20-9-7-18-15-11-3-4-12(21)16(15)24-17(18)13(22)5-6-19(18,23)14(20)10-11;1-19-8-7-17-14-10-3-4-12(22-2)15(14)23-16(17)11(20)5-6-18(17,21)13(19)9-10/h2-4,14,17,21,23H,1,5-10H2;3-4,13,16,21H,5-9H2,1-2H3/t14-,17+,18+,19-;13-,16+,17+,18-/m11/s1. The number of likely N-dealkylation sites (tertiary alicyclic amines) is 2. The summed E-state index contributed by atoms with van der Waals surface area (Å²) in [6.45, 7) is 6.23. The molecule has 2 aromatic rings. The number of rotatable bonds is 3. The third kappa shape index (κ3) is 3.30. The van der Waals surface area contributed by atoms with Crippen LogP contribution in [0.15, 0.2) is 36.9 Å². The van der Waals surface area contributed by atoms with Crippen molar-refractivity contribution in [2.24, 2.45) is 0 Å². The zero-order valence-corrected chi connectivity index (χ0v) is 27.0. The molecule has 10 nitrogen and oxygen atoms in total. The Labute approximate surface area is 273 Å². The molecular weight excluding hydrogens is 600 g/mol. The molecule has 0 aromatic heterocycles. The lowest BCUT2D eigenvalue weighted by Crippen LogP contribution is -2.76. The van der Waals surface area contributed by atoms with Crippen LogP contribution in [0.2, 0.25) is 0 Å². The number of aliphatic hydroxyl groups is 2. The minimum absolute atomic E-state index is 0.0408. The van der Waals surface area contributed by atoms with E-state index in [1.54, 1.807) is 13.2 Å². The first kappa shape index (κ1) is 29.7. The minimum Gasteiger partial charge on any atom is -0.504 e. The molecule has 2 saturated carbocycles. The zero-order chi connectivity index (χ0) is 32.7. The van der Waals surface area contributed by atoms with Gasteiger partial charge in [0.2, 0.25) is 0 Å². The van der Waals surface area contributed by atoms with Gasteiger partial charge in [-0.25, -0.2) is 0 Å². The van der Waals surface area contributed by atoms with Crippen LogP contribution in [0.4, 0.5) is 0 Å². The number of hydrogen-bond acceptors (Lipinski definition) is 10. The molecule has 2 spiro atoms. The van der Waals surface area contributed by atoms with Crippen molar-refractivity contribution in [3.8, 4) is 23.0 Å². The molecule has 4 bridgehead atoms. The van der Waals surface area contributed by atoms with E-state index in [1.807, 2.05) is 18.2 Å². The zero-order valence-electron chi connectivity index (χ0n) is 27.0. The topological polar surface area (TPSA) is 129 Å². The fraction of sp³-hybridized carbons (Fsp3) is 0.568. The smallest absolute Gasteiger partial charge is 0.174 e. The van der Waals surface area contributed by atoms with Crippen LogP contribution >= 0.6 is 0 Å². The van der Waals surface area contributed by atoms with Gasteiger partial charge in [0, 0.05) is 49.1 Å². The molecular formula is C37H42N2O8. The predicted molar refractivity (Wildman–Crippen MR) is 170 cm³/mol. The maximum Gasteiger partial charge on any atom is 0.174 e. The van der Waals surface area contributed by atoms with Crippen molar-refractivity contribution in [2.75, 3.05) is 33.8 Å². The minimum atomic E-state index is -1.00. The fourth-order valence-corrected chi connectivity index (χ4v) is 11.5. The summed E-state index contributed by atoms with van der Waals surface area (Å²) in [5, 5.41) is 33.8. The lowest BCUT2D eigenvalue weighted by molar-refractivity contribution is -0.187. The maximum atomic E-state index is 12.7. The van der Waals surface area contributed by atoms with Gasteiger partial charge in [-0.2, -0.15) is 0 Å². The Morgan fingerprint density at radius 2 is 1.45 bits per heavy atom. The summed E-state index contributed by atoms with van der Waals surface area (Å²) in [7, 11) is 3.70. The van der Waals surface area contributed by atoms with Crippen LogP contribution in [0.25, 0.3) is 0 Å². The van der Waals surface area contributed by atoms with Gasteiger partial charge >= 0.3 is 0 Å². The molecule has 248 valence electrons. The number of Topliss-reactive ketones (excluding diaryl/α,β-unsaturated/α-hetero) is 2. The monoisotopic (exact) mass is 642 g/mol. The number of methoxy groups -OCH3 is 1. The van der Waals surface area contributed by atoms with Gasteiger partial charge in [0.15, 0.2) is 46.8 Å². The third-order valence-corrected chi connectivity index (χ3v) is 13.5. The number of ketones is 2. The molecule has 8 atom stereocenters. The van der Waals surface area contributed by atoms with Gasteiger partial charge in [-0.1, -0.05) is 18.2 Å². The largest absolute Gasteiger partial charge is 0.504 e. The number of carbonyl (C=O) groups excluding carboxylic acids is 2.